The standard InChI is InChI=1S/C26H33ClFN3O3.C2HF3O2/c1-2-34-26(33)13-19-5-8-21(28)14-24(19)31-16-23(25(32)17-31)29-22-9-11-30(12-10-22)15-18-3-6-20(27)7-4-18;3-2(4,5)1(6)7/h3-8,14,22-23,25,29,32H,2,9-13,15-17H2,1H3;(H,6,7)/t23?,25-;/m1./s1. The number of esters is 1. The third-order valence-electron chi connectivity index (χ3n) is 6.92. The smallest absolute Gasteiger partial charge is 0.475 e. The van der Waals surface area contributed by atoms with Gasteiger partial charge in [0.25, 0.3) is 0 Å². The Balaban J connectivity index is 0.000000587. The Kier molecular flexibility index (Phi) is 11.8. The number of hydrogen-bond donors (Lipinski definition) is 3. The quantitative estimate of drug-likeness (QED) is 0.307. The van der Waals surface area contributed by atoms with Crippen LogP contribution in [0.3, 0.4) is 0 Å². The first-order chi connectivity index (χ1) is 19.3. The van der Waals surface area contributed by atoms with Crippen molar-refractivity contribution in [3.8, 4) is 0 Å². The van der Waals surface area contributed by atoms with Gasteiger partial charge in [-0.2, -0.15) is 13.2 Å². The molecule has 13 heteroatoms. The molecule has 2 fully saturated rings. The number of carboxylic acid groups (broad SMARTS) is 1. The number of aliphatic carboxylic acids is 1. The first-order valence-corrected chi connectivity index (χ1v) is 13.6. The van der Waals surface area contributed by atoms with Crippen LogP contribution < -0.4 is 10.2 Å². The summed E-state index contributed by atoms with van der Waals surface area (Å²) in [5.41, 5.74) is 2.61. The van der Waals surface area contributed by atoms with Gasteiger partial charge in [-0.25, -0.2) is 9.18 Å². The average molecular weight is 604 g/mol. The molecular formula is C28H34ClF4N3O5. The molecule has 41 heavy (non-hydrogen) atoms. The number of aliphatic hydroxyl groups is 1. The topological polar surface area (TPSA) is 102 Å². The van der Waals surface area contributed by atoms with E-state index in [2.05, 4.69) is 22.3 Å². The van der Waals surface area contributed by atoms with Crippen LogP contribution in [0.4, 0.5) is 23.2 Å². The predicted molar refractivity (Wildman–Crippen MR) is 145 cm³/mol. The summed E-state index contributed by atoms with van der Waals surface area (Å²) in [6.07, 6.45) is -3.55. The molecule has 1 unspecified atom stereocenters. The number of ether oxygens (including phenoxy) is 1. The van der Waals surface area contributed by atoms with Gasteiger partial charge in [-0.15, -0.1) is 0 Å². The number of anilines is 1. The van der Waals surface area contributed by atoms with Gasteiger partial charge in [-0.3, -0.25) is 9.69 Å². The summed E-state index contributed by atoms with van der Waals surface area (Å²) < 4.78 is 50.8. The summed E-state index contributed by atoms with van der Waals surface area (Å²) in [5.74, 6) is -3.45. The maximum Gasteiger partial charge on any atom is 0.490 e. The van der Waals surface area contributed by atoms with Crippen molar-refractivity contribution in [1.29, 1.82) is 0 Å². The van der Waals surface area contributed by atoms with E-state index in [1.165, 1.54) is 17.7 Å². The Morgan fingerprint density at radius 3 is 2.32 bits per heavy atom. The zero-order chi connectivity index (χ0) is 30.2. The molecule has 0 aliphatic carbocycles. The zero-order valence-electron chi connectivity index (χ0n) is 22.5. The Morgan fingerprint density at radius 2 is 1.73 bits per heavy atom. The second kappa shape index (κ2) is 14.8. The molecule has 0 aromatic heterocycles. The molecule has 2 heterocycles. The molecule has 2 aromatic rings. The van der Waals surface area contributed by atoms with Gasteiger partial charge in [0.05, 0.1) is 25.2 Å². The number of hydrogen-bond acceptors (Lipinski definition) is 7. The molecule has 2 aromatic carbocycles. The van der Waals surface area contributed by atoms with Gasteiger partial charge in [0, 0.05) is 36.4 Å². The predicted octanol–water partition coefficient (Wildman–Crippen LogP) is 4.02. The summed E-state index contributed by atoms with van der Waals surface area (Å²) in [7, 11) is 0. The van der Waals surface area contributed by atoms with Crippen molar-refractivity contribution in [3.05, 3.63) is 64.4 Å². The van der Waals surface area contributed by atoms with Gasteiger partial charge >= 0.3 is 18.1 Å². The molecule has 3 N–H and O–H groups in total. The monoisotopic (exact) mass is 603 g/mol. The van der Waals surface area contributed by atoms with Crippen LogP contribution in [0, 0.1) is 5.82 Å². The van der Waals surface area contributed by atoms with Crippen LogP contribution in [-0.4, -0.2) is 84.2 Å². The van der Waals surface area contributed by atoms with Gasteiger partial charge in [0.1, 0.15) is 5.82 Å². The van der Waals surface area contributed by atoms with Gasteiger partial charge in [0.2, 0.25) is 0 Å². The molecule has 226 valence electrons. The number of alkyl halides is 3. The van der Waals surface area contributed by atoms with E-state index in [-0.39, 0.29) is 24.2 Å². The number of benzene rings is 2. The van der Waals surface area contributed by atoms with E-state index < -0.39 is 18.2 Å². The van der Waals surface area contributed by atoms with Gasteiger partial charge in [0.15, 0.2) is 0 Å². The molecule has 0 bridgehead atoms. The molecule has 0 radical (unpaired) electrons. The van der Waals surface area contributed by atoms with Crippen LogP contribution >= 0.6 is 11.6 Å². The minimum Gasteiger partial charge on any atom is -0.475 e. The van der Waals surface area contributed by atoms with Crippen molar-refractivity contribution in [3.63, 3.8) is 0 Å². The van der Waals surface area contributed by atoms with Gasteiger partial charge in [-0.05, 0) is 68.2 Å². The number of likely N-dealkylation sites (tertiary alicyclic amines) is 1. The summed E-state index contributed by atoms with van der Waals surface area (Å²) >= 11 is 5.98. The lowest BCUT2D eigenvalue weighted by Crippen LogP contribution is -2.49. The van der Waals surface area contributed by atoms with E-state index >= 15 is 0 Å². The maximum atomic E-state index is 14.0. The lowest BCUT2D eigenvalue weighted by molar-refractivity contribution is -0.192. The molecular weight excluding hydrogens is 570 g/mol. The Bertz CT molecular complexity index is 1160. The highest BCUT2D eigenvalue weighted by Crippen LogP contribution is 2.28. The summed E-state index contributed by atoms with van der Waals surface area (Å²) in [6, 6.07) is 12.6. The number of rotatable bonds is 8. The molecule has 2 aliphatic heterocycles. The van der Waals surface area contributed by atoms with Crippen LogP contribution in [-0.2, 0) is 27.3 Å². The van der Waals surface area contributed by atoms with E-state index in [0.717, 1.165) is 37.5 Å². The Hall–Kier alpha value is -2.93. The third kappa shape index (κ3) is 10.1. The second-order valence-corrected chi connectivity index (χ2v) is 10.4. The third-order valence-corrected chi connectivity index (χ3v) is 7.17. The van der Waals surface area contributed by atoms with Gasteiger partial charge in [-0.1, -0.05) is 29.8 Å². The summed E-state index contributed by atoms with van der Waals surface area (Å²) in [6.45, 7) is 5.91. The van der Waals surface area contributed by atoms with E-state index in [1.807, 2.05) is 17.0 Å². The van der Waals surface area contributed by atoms with Crippen LogP contribution in [0.5, 0.6) is 0 Å². The number of aliphatic hydroxyl groups excluding tert-OH is 1. The molecule has 2 atom stereocenters. The van der Waals surface area contributed by atoms with Crippen molar-refractivity contribution in [2.45, 2.75) is 57.1 Å². The van der Waals surface area contributed by atoms with E-state index in [1.54, 1.807) is 13.0 Å². The minimum absolute atomic E-state index is 0.0836. The molecule has 2 saturated heterocycles. The number of nitrogens with one attached hydrogen (secondary N) is 1. The number of carbonyl (C=O) groups excluding carboxylic acids is 1. The average Bonchev–Trinajstić information content (AvgIpc) is 3.27. The molecule has 0 amide bonds. The lowest BCUT2D eigenvalue weighted by atomic mass is 10.0. The normalized spacial score (nSPS) is 19.9. The number of nitrogens with zero attached hydrogens (tertiary/aromatic N) is 2. The Morgan fingerprint density at radius 1 is 1.10 bits per heavy atom. The van der Waals surface area contributed by atoms with Crippen molar-refractivity contribution >= 4 is 29.2 Å². The molecule has 0 spiro atoms. The zero-order valence-corrected chi connectivity index (χ0v) is 23.3. The fourth-order valence-corrected chi connectivity index (χ4v) is 5.03. The molecule has 8 nitrogen and oxygen atoms in total. The summed E-state index contributed by atoms with van der Waals surface area (Å²) in [5, 5.41) is 22.2. The highest BCUT2D eigenvalue weighted by Gasteiger charge is 2.38. The number of halogens is 5. The van der Waals surface area contributed by atoms with Crippen molar-refractivity contribution in [1.82, 2.24) is 10.2 Å². The van der Waals surface area contributed by atoms with Crippen LogP contribution in [0.1, 0.15) is 30.9 Å². The van der Waals surface area contributed by atoms with Crippen LogP contribution in [0.25, 0.3) is 0 Å². The van der Waals surface area contributed by atoms with Crippen LogP contribution in [0.15, 0.2) is 42.5 Å². The lowest BCUT2D eigenvalue weighted by Gasteiger charge is -2.34. The van der Waals surface area contributed by atoms with Crippen molar-refractivity contribution in [2.24, 2.45) is 0 Å². The highest BCUT2D eigenvalue weighted by atomic mass is 35.5. The van der Waals surface area contributed by atoms with Gasteiger partial charge < -0.3 is 25.2 Å². The van der Waals surface area contributed by atoms with Crippen molar-refractivity contribution < 1.29 is 42.1 Å². The first-order valence-electron chi connectivity index (χ1n) is 13.3. The molecule has 4 rings (SSSR count). The minimum atomic E-state index is -5.08. The van der Waals surface area contributed by atoms with E-state index in [4.69, 9.17) is 26.2 Å². The summed E-state index contributed by atoms with van der Waals surface area (Å²) in [4.78, 5) is 25.3. The fourth-order valence-electron chi connectivity index (χ4n) is 4.90. The van der Waals surface area contributed by atoms with E-state index in [0.29, 0.717) is 37.0 Å². The second-order valence-electron chi connectivity index (χ2n) is 9.98. The number of β-amino-alcohol motifs (C(OH)–C–C–N with tert-alkyl or cyclic N) is 1. The first kappa shape index (κ1) is 32.6. The number of carbonyl (C=O) groups is 2. The van der Waals surface area contributed by atoms with Crippen molar-refractivity contribution in [2.75, 3.05) is 37.7 Å². The number of piperidine rings is 1. The number of carboxylic acids is 1. The molecule has 0 saturated carbocycles. The van der Waals surface area contributed by atoms with E-state index in [9.17, 15) is 27.5 Å². The maximum absolute atomic E-state index is 14.0. The van der Waals surface area contributed by atoms with Crippen LogP contribution in [0.2, 0.25) is 5.02 Å². The fraction of sp³-hybridized carbons (Fsp3) is 0.500. The Labute approximate surface area is 240 Å². The highest BCUT2D eigenvalue weighted by molar-refractivity contribution is 6.30. The SMILES string of the molecule is CCOC(=O)Cc1ccc(F)cc1N1CC(NC2CCN(Cc3ccc(Cl)cc3)CC2)[C@H](O)C1.O=C(O)C(F)(F)F. The molecule has 2 aliphatic rings. The largest absolute Gasteiger partial charge is 0.490 e.